The van der Waals surface area contributed by atoms with Crippen molar-refractivity contribution in [2.75, 3.05) is 7.11 Å². The molecule has 30 heavy (non-hydrogen) atoms. The minimum Gasteiger partial charge on any atom is -0.493 e. The second-order valence-electron chi connectivity index (χ2n) is 6.49. The quantitative estimate of drug-likeness (QED) is 0.235. The van der Waals surface area contributed by atoms with Gasteiger partial charge >= 0.3 is 0 Å². The third-order valence-electron chi connectivity index (χ3n) is 4.51. The summed E-state index contributed by atoms with van der Waals surface area (Å²) in [6, 6.07) is 16.8. The SMILES string of the molecule is COc1cc(C=C2Sc3ccccc3C2=O)cc(I)c1OCc1ccc(Cl)cc1Cl. The van der Waals surface area contributed by atoms with Gasteiger partial charge in [0.05, 0.1) is 15.6 Å². The van der Waals surface area contributed by atoms with Gasteiger partial charge in [0.1, 0.15) is 6.61 Å². The Morgan fingerprint density at radius 2 is 1.90 bits per heavy atom. The van der Waals surface area contributed by atoms with E-state index in [1.807, 2.05) is 48.5 Å². The summed E-state index contributed by atoms with van der Waals surface area (Å²) in [5.41, 5.74) is 2.45. The maximum Gasteiger partial charge on any atom is 0.200 e. The van der Waals surface area contributed by atoms with Crippen LogP contribution in [0.4, 0.5) is 0 Å². The number of hydrogen-bond acceptors (Lipinski definition) is 4. The van der Waals surface area contributed by atoms with Crippen LogP contribution >= 0.6 is 57.6 Å². The van der Waals surface area contributed by atoms with Crippen molar-refractivity contribution in [2.24, 2.45) is 0 Å². The topological polar surface area (TPSA) is 35.5 Å². The highest BCUT2D eigenvalue weighted by atomic mass is 127. The van der Waals surface area contributed by atoms with Gasteiger partial charge in [-0.3, -0.25) is 4.79 Å². The smallest absolute Gasteiger partial charge is 0.200 e. The number of hydrogen-bond donors (Lipinski definition) is 0. The van der Waals surface area contributed by atoms with Gasteiger partial charge in [-0.05, 0) is 70.6 Å². The molecule has 3 aromatic carbocycles. The summed E-state index contributed by atoms with van der Waals surface area (Å²) in [7, 11) is 1.59. The number of halogens is 3. The lowest BCUT2D eigenvalue weighted by molar-refractivity contribution is 0.104. The number of Topliss-reactive ketones (excluding diaryl/α,β-unsaturated/α-hetero) is 1. The fraction of sp³-hybridized carbons (Fsp3) is 0.0870. The minimum atomic E-state index is 0.0438. The zero-order chi connectivity index (χ0) is 21.3. The molecule has 0 aromatic heterocycles. The van der Waals surface area contributed by atoms with Crippen LogP contribution in [0.5, 0.6) is 11.5 Å². The zero-order valence-corrected chi connectivity index (χ0v) is 20.2. The largest absolute Gasteiger partial charge is 0.493 e. The summed E-state index contributed by atoms with van der Waals surface area (Å²) in [5, 5.41) is 1.13. The van der Waals surface area contributed by atoms with Crippen LogP contribution < -0.4 is 9.47 Å². The summed E-state index contributed by atoms with van der Waals surface area (Å²) in [4.78, 5) is 14.3. The molecule has 3 nitrogen and oxygen atoms in total. The highest BCUT2D eigenvalue weighted by Gasteiger charge is 2.25. The van der Waals surface area contributed by atoms with Crippen LogP contribution in [0, 0.1) is 3.57 Å². The lowest BCUT2D eigenvalue weighted by Gasteiger charge is -2.14. The Morgan fingerprint density at radius 3 is 2.63 bits per heavy atom. The molecule has 4 rings (SSSR count). The first kappa shape index (κ1) is 21.6. The lowest BCUT2D eigenvalue weighted by Crippen LogP contribution is -2.01. The van der Waals surface area contributed by atoms with E-state index < -0.39 is 0 Å². The predicted octanol–water partition coefficient (Wildman–Crippen LogP) is 7.52. The number of ketones is 1. The van der Waals surface area contributed by atoms with Crippen molar-refractivity contribution in [3.05, 3.63) is 89.8 Å². The summed E-state index contributed by atoms with van der Waals surface area (Å²) < 4.78 is 12.4. The van der Waals surface area contributed by atoms with Crippen molar-refractivity contribution in [3.8, 4) is 11.5 Å². The van der Waals surface area contributed by atoms with Crippen LogP contribution in [0.15, 0.2) is 64.4 Å². The molecule has 0 saturated heterocycles. The van der Waals surface area contributed by atoms with Gasteiger partial charge in [0.2, 0.25) is 5.78 Å². The highest BCUT2D eigenvalue weighted by Crippen LogP contribution is 2.42. The monoisotopic (exact) mass is 568 g/mol. The average Bonchev–Trinajstić information content (AvgIpc) is 3.03. The fourth-order valence-corrected chi connectivity index (χ4v) is 5.34. The van der Waals surface area contributed by atoms with Crippen LogP contribution in [-0.4, -0.2) is 12.9 Å². The van der Waals surface area contributed by atoms with Gasteiger partial charge in [0.15, 0.2) is 11.5 Å². The molecule has 0 atom stereocenters. The molecule has 0 unspecified atom stereocenters. The number of rotatable bonds is 5. The molecule has 152 valence electrons. The van der Waals surface area contributed by atoms with E-state index in [1.165, 1.54) is 11.8 Å². The Labute approximate surface area is 202 Å². The van der Waals surface area contributed by atoms with Crippen molar-refractivity contribution in [1.82, 2.24) is 0 Å². The van der Waals surface area contributed by atoms with Gasteiger partial charge in [0.25, 0.3) is 0 Å². The molecule has 1 aliphatic heterocycles. The molecule has 0 saturated carbocycles. The predicted molar refractivity (Wildman–Crippen MR) is 131 cm³/mol. The number of ether oxygens (including phenoxy) is 2. The maximum atomic E-state index is 12.7. The Hall–Kier alpha value is -1.67. The fourth-order valence-electron chi connectivity index (χ4n) is 3.04. The Kier molecular flexibility index (Phi) is 6.63. The first-order valence-electron chi connectivity index (χ1n) is 8.94. The molecular weight excluding hydrogens is 554 g/mol. The first-order chi connectivity index (χ1) is 14.5. The maximum absolute atomic E-state index is 12.7. The molecule has 3 aromatic rings. The van der Waals surface area contributed by atoms with Crippen molar-refractivity contribution >= 4 is 69.4 Å². The van der Waals surface area contributed by atoms with E-state index in [0.29, 0.717) is 26.4 Å². The molecule has 0 bridgehead atoms. The van der Waals surface area contributed by atoms with E-state index in [-0.39, 0.29) is 12.4 Å². The van der Waals surface area contributed by atoms with E-state index in [1.54, 1.807) is 19.2 Å². The summed E-state index contributed by atoms with van der Waals surface area (Å²) >= 11 is 15.9. The van der Waals surface area contributed by atoms with Crippen LogP contribution in [-0.2, 0) is 6.61 Å². The Bertz CT molecular complexity index is 1180. The van der Waals surface area contributed by atoms with Crippen molar-refractivity contribution < 1.29 is 14.3 Å². The molecule has 1 aliphatic rings. The van der Waals surface area contributed by atoms with Crippen LogP contribution in [0.1, 0.15) is 21.5 Å². The summed E-state index contributed by atoms with van der Waals surface area (Å²) in [6.45, 7) is 0.284. The number of fused-ring (bicyclic) bond motifs is 1. The van der Waals surface area contributed by atoms with Crippen LogP contribution in [0.2, 0.25) is 10.0 Å². The molecule has 7 heteroatoms. The van der Waals surface area contributed by atoms with Crippen LogP contribution in [0.25, 0.3) is 6.08 Å². The number of carbonyl (C=O) groups is 1. The van der Waals surface area contributed by atoms with E-state index in [2.05, 4.69) is 22.6 Å². The van der Waals surface area contributed by atoms with Gasteiger partial charge in [-0.25, -0.2) is 0 Å². The average molecular weight is 569 g/mol. The number of allylic oxidation sites excluding steroid dienone is 1. The van der Waals surface area contributed by atoms with Gasteiger partial charge in [-0.2, -0.15) is 0 Å². The Balaban J connectivity index is 1.59. The summed E-state index contributed by atoms with van der Waals surface area (Å²) in [5.74, 6) is 1.26. The minimum absolute atomic E-state index is 0.0438. The second-order valence-corrected chi connectivity index (χ2v) is 9.58. The van der Waals surface area contributed by atoms with E-state index in [4.69, 9.17) is 32.7 Å². The molecule has 0 N–H and O–H groups in total. The summed E-state index contributed by atoms with van der Waals surface area (Å²) in [6.07, 6.45) is 1.89. The molecule has 0 amide bonds. The van der Waals surface area contributed by atoms with Crippen molar-refractivity contribution in [2.45, 2.75) is 11.5 Å². The van der Waals surface area contributed by atoms with Gasteiger partial charge < -0.3 is 9.47 Å². The van der Waals surface area contributed by atoms with Gasteiger partial charge in [0, 0.05) is 26.1 Å². The van der Waals surface area contributed by atoms with Crippen molar-refractivity contribution in [1.29, 1.82) is 0 Å². The van der Waals surface area contributed by atoms with E-state index in [0.717, 1.165) is 25.2 Å². The zero-order valence-electron chi connectivity index (χ0n) is 15.7. The Morgan fingerprint density at radius 1 is 1.10 bits per heavy atom. The molecular formula is C23H15Cl2IO3S. The number of carbonyl (C=O) groups excluding carboxylic acids is 1. The molecule has 0 fully saturated rings. The lowest BCUT2D eigenvalue weighted by atomic mass is 10.1. The van der Waals surface area contributed by atoms with Crippen LogP contribution in [0.3, 0.4) is 0 Å². The van der Waals surface area contributed by atoms with E-state index in [9.17, 15) is 4.79 Å². The molecule has 0 radical (unpaired) electrons. The van der Waals surface area contributed by atoms with Gasteiger partial charge in [-0.15, -0.1) is 0 Å². The highest BCUT2D eigenvalue weighted by molar-refractivity contribution is 14.1. The second kappa shape index (κ2) is 9.22. The molecule has 0 spiro atoms. The first-order valence-corrected chi connectivity index (χ1v) is 11.6. The van der Waals surface area contributed by atoms with Gasteiger partial charge in [-0.1, -0.05) is 53.2 Å². The van der Waals surface area contributed by atoms with Crippen molar-refractivity contribution in [3.63, 3.8) is 0 Å². The third kappa shape index (κ3) is 4.49. The number of thioether (sulfide) groups is 1. The number of methoxy groups -OCH3 is 1. The van der Waals surface area contributed by atoms with E-state index >= 15 is 0 Å². The normalized spacial score (nSPS) is 14.1. The number of benzene rings is 3. The molecule has 0 aliphatic carbocycles. The molecule has 1 heterocycles. The third-order valence-corrected chi connectivity index (χ3v) is 7.00. The standard InChI is InChI=1S/C23H15Cl2IO3S/c1-28-19-9-13(10-21-22(27)16-4-2-3-5-20(16)30-21)8-18(26)23(19)29-12-14-6-7-15(24)11-17(14)25/h2-11H,12H2,1H3.